The molecule has 3 aromatic rings. The van der Waals surface area contributed by atoms with Gasteiger partial charge in [-0.05, 0) is 37.1 Å². The number of sulfonamides is 1. The van der Waals surface area contributed by atoms with E-state index in [4.69, 9.17) is 0 Å². The lowest BCUT2D eigenvalue weighted by molar-refractivity contribution is -0.139. The summed E-state index contributed by atoms with van der Waals surface area (Å²) >= 11 is 0. The molecule has 0 radical (unpaired) electrons. The number of hydrogen-bond donors (Lipinski definition) is 1. The van der Waals surface area contributed by atoms with Gasteiger partial charge in [0.25, 0.3) is 0 Å². The molecular weight excluding hydrogens is 433 g/mol. The number of carbonyl (C=O) groups is 1. The fourth-order valence-corrected chi connectivity index (χ4v) is 5.36. The van der Waals surface area contributed by atoms with Crippen LogP contribution in [-0.2, 0) is 21.0 Å². The number of fused-ring (bicyclic) bond motifs is 1. The quantitative estimate of drug-likeness (QED) is 0.659. The number of carbonyl (C=O) groups excluding carboxylic acids is 1. The van der Waals surface area contributed by atoms with E-state index in [0.29, 0.717) is 5.52 Å². The minimum absolute atomic E-state index is 0.0444. The summed E-state index contributed by atoms with van der Waals surface area (Å²) in [6.45, 7) is -0.0887. The topological polar surface area (TPSA) is 84.3 Å². The van der Waals surface area contributed by atoms with Gasteiger partial charge in [-0.25, -0.2) is 18.1 Å². The summed E-state index contributed by atoms with van der Waals surface area (Å²) in [5.41, 5.74) is 2.99. The van der Waals surface area contributed by atoms with E-state index < -0.39 is 32.6 Å². The van der Waals surface area contributed by atoms with Crippen LogP contribution in [0.1, 0.15) is 18.4 Å². The third kappa shape index (κ3) is 4.15. The van der Waals surface area contributed by atoms with Crippen LogP contribution >= 0.6 is 0 Å². The Balaban J connectivity index is 1.45. The molecule has 1 amide bonds. The minimum atomic E-state index is -4.78. The Morgan fingerprint density at radius 3 is 2.39 bits per heavy atom. The fraction of sp³-hybridized carbons (Fsp3) is 0.300. The Labute approximate surface area is 176 Å². The molecule has 1 saturated heterocycles. The molecule has 1 aliphatic heterocycles. The number of nitrogens with zero attached hydrogens (tertiary/aromatic N) is 3. The van der Waals surface area contributed by atoms with Crippen molar-refractivity contribution in [2.45, 2.75) is 23.9 Å². The average Bonchev–Trinajstić information content (AvgIpc) is 3.16. The Morgan fingerprint density at radius 2 is 1.68 bits per heavy atom. The number of benzene rings is 2. The Kier molecular flexibility index (Phi) is 5.48. The van der Waals surface area contributed by atoms with Gasteiger partial charge in [-0.1, -0.05) is 24.3 Å². The molecule has 0 atom stereocenters. The van der Waals surface area contributed by atoms with E-state index in [1.807, 2.05) is 12.1 Å². The van der Waals surface area contributed by atoms with Gasteiger partial charge in [0.1, 0.15) is 6.33 Å². The number of halogens is 3. The number of nitrogens with one attached hydrogen (secondary N) is 1. The van der Waals surface area contributed by atoms with E-state index in [9.17, 15) is 26.4 Å². The van der Waals surface area contributed by atoms with Crippen molar-refractivity contribution in [3.8, 4) is 0 Å². The summed E-state index contributed by atoms with van der Waals surface area (Å²) in [5.74, 6) is -0.763. The van der Waals surface area contributed by atoms with E-state index in [1.165, 1.54) is 17.1 Å². The number of amides is 1. The second-order valence-electron chi connectivity index (χ2n) is 7.25. The van der Waals surface area contributed by atoms with Gasteiger partial charge >= 0.3 is 6.18 Å². The van der Waals surface area contributed by atoms with Crippen LogP contribution in [0.25, 0.3) is 11.0 Å². The molecule has 2 aromatic carbocycles. The molecular formula is C20H19F3N4O3S. The number of aromatic nitrogens is 2. The Morgan fingerprint density at radius 1 is 1.03 bits per heavy atom. The third-order valence-electron chi connectivity index (χ3n) is 5.32. The zero-order chi connectivity index (χ0) is 22.2. The van der Waals surface area contributed by atoms with Crippen LogP contribution in [0.4, 0.5) is 13.2 Å². The molecule has 0 saturated carbocycles. The molecule has 1 N–H and O–H groups in total. The monoisotopic (exact) mass is 452 g/mol. The summed E-state index contributed by atoms with van der Waals surface area (Å²) in [6.07, 6.45) is -2.90. The first-order chi connectivity index (χ1) is 14.7. The summed E-state index contributed by atoms with van der Waals surface area (Å²) in [6, 6.07) is 11.4. The van der Waals surface area contributed by atoms with Crippen molar-refractivity contribution in [3.63, 3.8) is 0 Å². The molecule has 2 heterocycles. The highest BCUT2D eigenvalue weighted by Gasteiger charge is 2.40. The maximum atomic E-state index is 13.3. The maximum absolute atomic E-state index is 13.3. The molecule has 1 aliphatic rings. The molecule has 1 aromatic heterocycles. The Hall–Kier alpha value is -2.92. The predicted molar refractivity (Wildman–Crippen MR) is 107 cm³/mol. The van der Waals surface area contributed by atoms with E-state index in [2.05, 4.69) is 10.4 Å². The molecule has 4 rings (SSSR count). The number of hydrogen-bond acceptors (Lipinski definition) is 4. The highest BCUT2D eigenvalue weighted by molar-refractivity contribution is 7.89. The van der Waals surface area contributed by atoms with Crippen LogP contribution in [0.3, 0.4) is 0 Å². The second kappa shape index (κ2) is 7.97. The molecule has 31 heavy (non-hydrogen) atoms. The van der Waals surface area contributed by atoms with Gasteiger partial charge in [0, 0.05) is 19.0 Å². The molecule has 0 aliphatic carbocycles. The summed E-state index contributed by atoms with van der Waals surface area (Å²) in [4.78, 5) is 16.1. The minimum Gasteiger partial charge on any atom is -0.273 e. The van der Waals surface area contributed by atoms with Gasteiger partial charge in [0.15, 0.2) is 0 Å². The maximum Gasteiger partial charge on any atom is 0.417 e. The fourth-order valence-electron chi connectivity index (χ4n) is 3.68. The van der Waals surface area contributed by atoms with Crippen molar-refractivity contribution in [1.29, 1.82) is 0 Å². The summed E-state index contributed by atoms with van der Waals surface area (Å²) in [5, 5.41) is 0. The van der Waals surface area contributed by atoms with Crippen molar-refractivity contribution in [3.05, 3.63) is 60.4 Å². The Bertz CT molecular complexity index is 1220. The van der Waals surface area contributed by atoms with Crippen LogP contribution < -0.4 is 5.43 Å². The molecule has 0 unspecified atom stereocenters. The first-order valence-corrected chi connectivity index (χ1v) is 11.0. The van der Waals surface area contributed by atoms with Gasteiger partial charge in [-0.15, -0.1) is 0 Å². The number of rotatable bonds is 4. The van der Waals surface area contributed by atoms with Crippen LogP contribution in [-0.4, -0.2) is 41.4 Å². The largest absolute Gasteiger partial charge is 0.417 e. The molecule has 0 spiro atoms. The molecule has 11 heteroatoms. The molecule has 7 nitrogen and oxygen atoms in total. The predicted octanol–water partition coefficient (Wildman–Crippen LogP) is 3.23. The number of imidazole rings is 1. The van der Waals surface area contributed by atoms with E-state index >= 15 is 0 Å². The van der Waals surface area contributed by atoms with E-state index in [0.717, 1.165) is 28.0 Å². The van der Waals surface area contributed by atoms with Crippen LogP contribution in [0.15, 0.2) is 59.8 Å². The number of alkyl halides is 3. The lowest BCUT2D eigenvalue weighted by Gasteiger charge is -2.31. The zero-order valence-electron chi connectivity index (χ0n) is 16.2. The van der Waals surface area contributed by atoms with Crippen molar-refractivity contribution >= 4 is 27.0 Å². The van der Waals surface area contributed by atoms with Crippen molar-refractivity contribution in [1.82, 2.24) is 14.0 Å². The standard InChI is InChI=1S/C20H19F3N4O3S/c21-20(22,23)15-5-1-4-8-18(15)31(29,30)26-11-9-14(10-12-26)19(28)25-27-13-24-16-6-2-3-7-17(16)27/h1-8,13-14H,9-12H2,(H,25,28). The normalized spacial score (nSPS) is 16.5. The summed E-state index contributed by atoms with van der Waals surface area (Å²) < 4.78 is 68.0. The van der Waals surface area contributed by atoms with E-state index in [1.54, 1.807) is 12.1 Å². The first kappa shape index (κ1) is 21.3. The summed E-state index contributed by atoms with van der Waals surface area (Å²) in [7, 11) is -4.34. The van der Waals surface area contributed by atoms with Gasteiger partial charge in [-0.2, -0.15) is 17.5 Å². The first-order valence-electron chi connectivity index (χ1n) is 9.57. The second-order valence-corrected chi connectivity index (χ2v) is 9.16. The van der Waals surface area contributed by atoms with Crippen LogP contribution in [0, 0.1) is 5.92 Å². The van der Waals surface area contributed by atoms with Gasteiger partial charge in [0.2, 0.25) is 15.9 Å². The molecule has 1 fully saturated rings. The molecule has 0 bridgehead atoms. The number of piperidine rings is 1. The van der Waals surface area contributed by atoms with Gasteiger partial charge in [-0.3, -0.25) is 10.2 Å². The van der Waals surface area contributed by atoms with Crippen molar-refractivity contribution in [2.75, 3.05) is 18.5 Å². The van der Waals surface area contributed by atoms with Crippen LogP contribution in [0.2, 0.25) is 0 Å². The van der Waals surface area contributed by atoms with Crippen LogP contribution in [0.5, 0.6) is 0 Å². The van der Waals surface area contributed by atoms with E-state index in [-0.39, 0.29) is 31.8 Å². The zero-order valence-corrected chi connectivity index (χ0v) is 17.0. The SMILES string of the molecule is O=C(Nn1cnc2ccccc21)C1CCN(S(=O)(=O)c2ccccc2C(F)(F)F)CC1. The van der Waals surface area contributed by atoms with Gasteiger partial charge in [0.05, 0.1) is 21.5 Å². The smallest absolute Gasteiger partial charge is 0.273 e. The highest BCUT2D eigenvalue weighted by atomic mass is 32.2. The molecule has 164 valence electrons. The average molecular weight is 452 g/mol. The lowest BCUT2D eigenvalue weighted by Crippen LogP contribution is -2.42. The van der Waals surface area contributed by atoms with Gasteiger partial charge < -0.3 is 0 Å². The lowest BCUT2D eigenvalue weighted by atomic mass is 9.98. The van der Waals surface area contributed by atoms with Crippen molar-refractivity contribution < 1.29 is 26.4 Å². The highest BCUT2D eigenvalue weighted by Crippen LogP contribution is 2.36. The van der Waals surface area contributed by atoms with Crippen molar-refractivity contribution in [2.24, 2.45) is 5.92 Å². The third-order valence-corrected chi connectivity index (χ3v) is 7.28. The number of para-hydroxylation sites is 2.